The highest BCUT2D eigenvalue weighted by molar-refractivity contribution is 5.98. The molecule has 384 valence electrons. The maximum atomic E-state index is 12.9. The highest BCUT2D eigenvalue weighted by Crippen LogP contribution is 2.52. The number of nitrogens with zero attached hydrogens (tertiary/aromatic N) is 2. The zero-order valence-electron chi connectivity index (χ0n) is 43.5. The number of hydrogen-bond donors (Lipinski definition) is 0. The van der Waals surface area contributed by atoms with Crippen LogP contribution in [0.4, 0.5) is 0 Å². The van der Waals surface area contributed by atoms with Gasteiger partial charge in [0, 0.05) is 55.1 Å². The normalized spacial score (nSPS) is 18.8. The van der Waals surface area contributed by atoms with Gasteiger partial charge in [0.05, 0.1) is 137 Å². The molecule has 0 spiro atoms. The molecule has 4 unspecified atom stereocenters. The van der Waals surface area contributed by atoms with Gasteiger partial charge in [0.15, 0.2) is 46.0 Å². The van der Waals surface area contributed by atoms with Gasteiger partial charge in [0.25, 0.3) is 0 Å². The van der Waals surface area contributed by atoms with Crippen LogP contribution in [0.15, 0.2) is 42.5 Å². The number of methoxy groups -OCH3 is 11. The van der Waals surface area contributed by atoms with Crippen LogP contribution in [0, 0.1) is 11.8 Å². The number of likely N-dealkylation sites (N-methyl/N-ethyl adjacent to an activating group) is 2. The van der Waals surface area contributed by atoms with Gasteiger partial charge in [0.1, 0.15) is 12.1 Å². The van der Waals surface area contributed by atoms with Gasteiger partial charge in [-0.3, -0.25) is 0 Å². The van der Waals surface area contributed by atoms with E-state index in [1.54, 1.807) is 78.2 Å². The number of ether oxygens (including phenoxy) is 13. The van der Waals surface area contributed by atoms with Crippen molar-refractivity contribution in [3.05, 3.63) is 75.8 Å². The van der Waals surface area contributed by atoms with E-state index in [4.69, 9.17) is 61.6 Å². The van der Waals surface area contributed by atoms with Crippen LogP contribution in [0.5, 0.6) is 63.2 Å². The summed E-state index contributed by atoms with van der Waals surface area (Å²) in [4.78, 5) is 25.7. The number of rotatable bonds is 22. The quantitative estimate of drug-likeness (QED) is 0.0269. The number of hydrogen-bond acceptors (Lipinski definition) is 15. The molecule has 2 aliphatic rings. The van der Waals surface area contributed by atoms with Crippen LogP contribution >= 0.6 is 0 Å². The molecule has 0 aromatic heterocycles. The Morgan fingerprint density at radius 1 is 0.493 bits per heavy atom. The van der Waals surface area contributed by atoms with Gasteiger partial charge in [0.2, 0.25) is 17.2 Å². The topological polar surface area (TPSA) is 154 Å². The third-order valence-corrected chi connectivity index (χ3v) is 13.9. The number of carbonyl (C=O) groups is 2. The Morgan fingerprint density at radius 2 is 0.915 bits per heavy atom. The van der Waals surface area contributed by atoms with Crippen LogP contribution in [0.2, 0.25) is 0 Å². The molecule has 0 aliphatic carbocycles. The Hall–Kier alpha value is -6.90. The van der Waals surface area contributed by atoms with E-state index in [1.807, 2.05) is 42.5 Å². The number of carbonyl (C=O) groups excluding carboxylic acids is 2. The van der Waals surface area contributed by atoms with Crippen molar-refractivity contribution in [3.63, 3.8) is 0 Å². The molecule has 0 fully saturated rings. The number of esters is 2. The molecule has 0 N–H and O–H groups in total. The summed E-state index contributed by atoms with van der Waals surface area (Å²) >= 11 is 0. The minimum absolute atomic E-state index is 0.0919. The fraction of sp³-hybridized carbons (Fsp3) is 0.481. The SMILES string of the molecule is COc1cc2c(cc1OC)C(c1cc(OC)c(OC)c(OC)c1)[N+](C)(CCCOC(=O)C#CC(=O)OCCC[N+]1(C)CCc3cc(OC)c(OC)c(OC)c3C1Cc1cc(OC)c(OC)c(OC)c1)CC2. The van der Waals surface area contributed by atoms with Gasteiger partial charge in [-0.15, -0.1) is 0 Å². The summed E-state index contributed by atoms with van der Waals surface area (Å²) < 4.78 is 75.5. The Kier molecular flexibility index (Phi) is 17.9. The van der Waals surface area contributed by atoms with Crippen molar-refractivity contribution >= 4 is 11.9 Å². The van der Waals surface area contributed by atoms with E-state index in [0.29, 0.717) is 105 Å². The number of quaternary nitrogens is 2. The minimum Gasteiger partial charge on any atom is -0.493 e. The lowest BCUT2D eigenvalue weighted by Gasteiger charge is -2.46. The van der Waals surface area contributed by atoms with Crippen molar-refractivity contribution < 1.29 is 80.1 Å². The summed E-state index contributed by atoms with van der Waals surface area (Å²) in [5, 5.41) is 0. The van der Waals surface area contributed by atoms with E-state index in [1.165, 1.54) is 0 Å². The van der Waals surface area contributed by atoms with Crippen LogP contribution in [0.3, 0.4) is 0 Å². The van der Waals surface area contributed by atoms with E-state index < -0.39 is 11.9 Å². The fourth-order valence-corrected chi connectivity index (χ4v) is 10.4. The second kappa shape index (κ2) is 23.8. The van der Waals surface area contributed by atoms with Crippen molar-refractivity contribution in [2.45, 2.75) is 44.2 Å². The lowest BCUT2D eigenvalue weighted by Crippen LogP contribution is -2.52. The maximum Gasteiger partial charge on any atom is 0.384 e. The van der Waals surface area contributed by atoms with Crippen LogP contribution in [0.25, 0.3) is 0 Å². The predicted octanol–water partition coefficient (Wildman–Crippen LogP) is 6.73. The molecule has 0 amide bonds. The maximum absolute atomic E-state index is 12.9. The molecule has 71 heavy (non-hydrogen) atoms. The van der Waals surface area contributed by atoms with Crippen LogP contribution in [-0.2, 0) is 38.3 Å². The summed E-state index contributed by atoms with van der Waals surface area (Å²) in [5.41, 5.74) is 6.22. The van der Waals surface area contributed by atoms with Gasteiger partial charge in [-0.2, -0.15) is 0 Å². The first-order valence-corrected chi connectivity index (χ1v) is 23.4. The Balaban J connectivity index is 1.11. The first-order valence-electron chi connectivity index (χ1n) is 23.4. The van der Waals surface area contributed by atoms with Gasteiger partial charge >= 0.3 is 11.9 Å². The molecule has 17 heteroatoms. The molecule has 2 aliphatic heterocycles. The van der Waals surface area contributed by atoms with E-state index in [-0.39, 0.29) is 25.3 Å². The molecule has 2 heterocycles. The van der Waals surface area contributed by atoms with Crippen molar-refractivity contribution in [3.8, 4) is 75.1 Å². The molecular weight excluding hydrogens is 917 g/mol. The zero-order valence-corrected chi connectivity index (χ0v) is 43.5. The Bertz CT molecular complexity index is 2560. The van der Waals surface area contributed by atoms with E-state index in [9.17, 15) is 9.59 Å². The van der Waals surface area contributed by atoms with E-state index in [0.717, 1.165) is 59.3 Å². The average Bonchev–Trinajstić information content (AvgIpc) is 3.39. The van der Waals surface area contributed by atoms with Crippen molar-refractivity contribution in [1.29, 1.82) is 0 Å². The smallest absolute Gasteiger partial charge is 0.384 e. The van der Waals surface area contributed by atoms with Crippen molar-refractivity contribution in [2.24, 2.45) is 0 Å². The predicted molar refractivity (Wildman–Crippen MR) is 264 cm³/mol. The van der Waals surface area contributed by atoms with E-state index >= 15 is 0 Å². The van der Waals surface area contributed by atoms with Gasteiger partial charge in [-0.05, 0) is 59.2 Å². The van der Waals surface area contributed by atoms with Crippen LogP contribution < -0.4 is 52.1 Å². The lowest BCUT2D eigenvalue weighted by molar-refractivity contribution is -0.941. The standard InChI is InChI=1S/C54H70N2O15/c1-55(22-19-36-30-46(65-9)53(68-12)54(69-13)49(36)39(55)26-34-27-42(61-5)51(66-10)43(28-34)62-6)20-14-24-70-47(57)16-17-48(58)71-25-15-21-56(2)23-18-35-29-40(59-3)41(60-4)33-38(35)50(56)37-31-44(63-7)52(67-11)45(32-37)64-8/h27-33,39,50H,14-15,18-26H2,1-13H3/q+2. The molecule has 0 bridgehead atoms. The summed E-state index contributed by atoms with van der Waals surface area (Å²) in [6.07, 6.45) is 3.13. The molecule has 0 saturated carbocycles. The molecule has 17 nitrogen and oxygen atoms in total. The molecule has 4 aromatic rings. The molecule has 0 radical (unpaired) electrons. The molecular formula is C54H70N2O15+2. The Labute approximate surface area is 417 Å². The monoisotopic (exact) mass is 986 g/mol. The second-order valence-corrected chi connectivity index (χ2v) is 17.8. The van der Waals surface area contributed by atoms with Crippen LogP contribution in [-0.4, -0.2) is 153 Å². The zero-order chi connectivity index (χ0) is 51.5. The van der Waals surface area contributed by atoms with Crippen molar-refractivity contribution in [2.75, 3.05) is 132 Å². The first kappa shape index (κ1) is 53.5. The minimum atomic E-state index is -0.814. The number of benzene rings is 4. The van der Waals surface area contributed by atoms with Gasteiger partial charge in [-0.25, -0.2) is 9.59 Å². The molecule has 4 atom stereocenters. The second-order valence-electron chi connectivity index (χ2n) is 17.8. The van der Waals surface area contributed by atoms with E-state index in [2.05, 4.69) is 25.9 Å². The summed E-state index contributed by atoms with van der Waals surface area (Å²) in [6.45, 7) is 3.02. The lowest BCUT2D eigenvalue weighted by atomic mass is 9.85. The number of fused-ring (bicyclic) bond motifs is 2. The third-order valence-electron chi connectivity index (χ3n) is 13.9. The molecule has 0 saturated heterocycles. The van der Waals surface area contributed by atoms with Gasteiger partial charge in [-0.1, -0.05) is 0 Å². The third kappa shape index (κ3) is 11.3. The summed E-state index contributed by atoms with van der Waals surface area (Å²) in [5.74, 6) is 9.17. The molecule has 4 aromatic carbocycles. The fourth-order valence-electron chi connectivity index (χ4n) is 10.4. The highest BCUT2D eigenvalue weighted by atomic mass is 16.6. The van der Waals surface area contributed by atoms with Crippen LogP contribution in [0.1, 0.15) is 58.3 Å². The summed E-state index contributed by atoms with van der Waals surface area (Å²) in [7, 11) is 22.0. The largest absolute Gasteiger partial charge is 0.493 e. The Morgan fingerprint density at radius 3 is 1.41 bits per heavy atom. The first-order chi connectivity index (χ1) is 34.2. The van der Waals surface area contributed by atoms with Crippen molar-refractivity contribution in [1.82, 2.24) is 0 Å². The highest BCUT2D eigenvalue weighted by Gasteiger charge is 2.44. The molecule has 6 rings (SSSR count). The summed E-state index contributed by atoms with van der Waals surface area (Å²) in [6, 6.07) is 13.6. The average molecular weight is 987 g/mol. The van der Waals surface area contributed by atoms with Gasteiger partial charge < -0.3 is 70.5 Å².